The molecule has 6 nitrogen and oxygen atoms in total. The fraction of sp³-hybridized carbons (Fsp3) is 0.412. The van der Waals surface area contributed by atoms with Crippen LogP contribution in [0.3, 0.4) is 0 Å². The molecule has 23 heavy (non-hydrogen) atoms. The lowest BCUT2D eigenvalue weighted by Gasteiger charge is -2.15. The summed E-state index contributed by atoms with van der Waals surface area (Å²) in [6.07, 6.45) is 4.04. The molecule has 0 radical (unpaired) electrons. The van der Waals surface area contributed by atoms with Crippen molar-refractivity contribution in [2.24, 2.45) is 7.05 Å². The first-order valence-corrected chi connectivity index (χ1v) is 7.86. The lowest BCUT2D eigenvalue weighted by atomic mass is 10.2. The third-order valence-electron chi connectivity index (χ3n) is 4.14. The Bertz CT molecular complexity index is 717. The fourth-order valence-corrected chi connectivity index (χ4v) is 2.85. The van der Waals surface area contributed by atoms with E-state index >= 15 is 0 Å². The second-order valence-electron chi connectivity index (χ2n) is 5.77. The Morgan fingerprint density at radius 3 is 2.78 bits per heavy atom. The van der Waals surface area contributed by atoms with Gasteiger partial charge in [0.2, 0.25) is 5.91 Å². The molecule has 1 aromatic heterocycles. The fourth-order valence-electron chi connectivity index (χ4n) is 2.85. The molecule has 1 aliphatic rings. The molecule has 0 unspecified atom stereocenters. The molecule has 2 amide bonds. The summed E-state index contributed by atoms with van der Waals surface area (Å²) in [5, 5.41) is 3.59. The summed E-state index contributed by atoms with van der Waals surface area (Å²) >= 11 is 0. The first-order chi connectivity index (χ1) is 11.1. The first-order valence-electron chi connectivity index (χ1n) is 7.86. The Kier molecular flexibility index (Phi) is 4.50. The smallest absolute Gasteiger partial charge is 0.258 e. The van der Waals surface area contributed by atoms with Gasteiger partial charge in [-0.05, 0) is 31.0 Å². The number of carbonyl (C=O) groups excluding carboxylic acids is 2. The van der Waals surface area contributed by atoms with E-state index in [-0.39, 0.29) is 25.0 Å². The van der Waals surface area contributed by atoms with Crippen molar-refractivity contribution in [1.29, 1.82) is 0 Å². The van der Waals surface area contributed by atoms with Gasteiger partial charge >= 0.3 is 0 Å². The van der Waals surface area contributed by atoms with Crippen LogP contribution in [0.4, 0.5) is 0 Å². The number of rotatable bonds is 5. The van der Waals surface area contributed by atoms with E-state index in [9.17, 15) is 9.59 Å². The summed E-state index contributed by atoms with van der Waals surface area (Å²) < 4.78 is 7.60. The van der Waals surface area contributed by atoms with Crippen LogP contribution in [0.1, 0.15) is 12.8 Å². The van der Waals surface area contributed by atoms with Crippen LogP contribution < -0.4 is 10.1 Å². The highest BCUT2D eigenvalue weighted by Gasteiger charge is 2.18. The van der Waals surface area contributed by atoms with Crippen molar-refractivity contribution in [3.63, 3.8) is 0 Å². The van der Waals surface area contributed by atoms with Gasteiger partial charge < -0.3 is 19.5 Å². The highest BCUT2D eigenvalue weighted by molar-refractivity contribution is 5.88. The van der Waals surface area contributed by atoms with Crippen LogP contribution in [0.2, 0.25) is 0 Å². The molecule has 6 heteroatoms. The maximum Gasteiger partial charge on any atom is 0.258 e. The molecule has 0 bridgehead atoms. The zero-order chi connectivity index (χ0) is 16.2. The Morgan fingerprint density at radius 2 is 2.00 bits per heavy atom. The Morgan fingerprint density at radius 1 is 1.22 bits per heavy atom. The summed E-state index contributed by atoms with van der Waals surface area (Å²) in [7, 11) is 1.96. The van der Waals surface area contributed by atoms with E-state index in [0.29, 0.717) is 5.75 Å². The van der Waals surface area contributed by atoms with Crippen LogP contribution in [0.25, 0.3) is 10.9 Å². The molecule has 2 heterocycles. The maximum atomic E-state index is 11.9. The molecule has 1 aromatic carbocycles. The number of amides is 2. The minimum Gasteiger partial charge on any atom is -0.483 e. The standard InChI is InChI=1S/C17H21N3O3/c1-19-10-7-13-14(19)5-4-6-15(13)23-12-16(21)18-11-17(22)20-8-2-3-9-20/h4-7,10H,2-3,8-9,11-12H2,1H3,(H,18,21). The predicted octanol–water partition coefficient (Wildman–Crippen LogP) is 1.30. The number of carbonyl (C=O) groups is 2. The molecular weight excluding hydrogens is 294 g/mol. The number of nitrogens with one attached hydrogen (secondary N) is 1. The van der Waals surface area contributed by atoms with Gasteiger partial charge in [0.25, 0.3) is 5.91 Å². The van der Waals surface area contributed by atoms with Gasteiger partial charge in [-0.3, -0.25) is 9.59 Å². The molecule has 2 aromatic rings. The number of hydrogen-bond donors (Lipinski definition) is 1. The molecule has 3 rings (SSSR count). The maximum absolute atomic E-state index is 11.9. The third kappa shape index (κ3) is 3.47. The number of ether oxygens (including phenoxy) is 1. The molecular formula is C17H21N3O3. The SMILES string of the molecule is Cn1ccc2c(OCC(=O)NCC(=O)N3CCCC3)cccc21. The number of aryl methyl sites for hydroxylation is 1. The quantitative estimate of drug-likeness (QED) is 0.904. The van der Waals surface area contributed by atoms with Crippen LogP contribution in [0.5, 0.6) is 5.75 Å². The Balaban J connectivity index is 1.51. The number of aromatic nitrogens is 1. The minimum atomic E-state index is -0.287. The van der Waals surface area contributed by atoms with E-state index in [0.717, 1.165) is 36.8 Å². The average molecular weight is 315 g/mol. The molecule has 0 saturated carbocycles. The lowest BCUT2D eigenvalue weighted by molar-refractivity contribution is -0.132. The number of benzene rings is 1. The third-order valence-corrected chi connectivity index (χ3v) is 4.14. The number of nitrogens with zero attached hydrogens (tertiary/aromatic N) is 2. The molecule has 1 saturated heterocycles. The summed E-state index contributed by atoms with van der Waals surface area (Å²) in [6, 6.07) is 7.69. The predicted molar refractivity (Wildman–Crippen MR) is 87.2 cm³/mol. The monoisotopic (exact) mass is 315 g/mol. The normalized spacial score (nSPS) is 14.2. The largest absolute Gasteiger partial charge is 0.483 e. The second-order valence-corrected chi connectivity index (χ2v) is 5.77. The molecule has 1 fully saturated rings. The topological polar surface area (TPSA) is 63.6 Å². The number of hydrogen-bond acceptors (Lipinski definition) is 3. The van der Waals surface area contributed by atoms with Crippen molar-refractivity contribution in [1.82, 2.24) is 14.8 Å². The van der Waals surface area contributed by atoms with E-state index < -0.39 is 0 Å². The zero-order valence-corrected chi connectivity index (χ0v) is 13.2. The summed E-state index contributed by atoms with van der Waals surface area (Å²) in [5.74, 6) is 0.357. The average Bonchev–Trinajstić information content (AvgIpc) is 3.21. The van der Waals surface area contributed by atoms with Crippen molar-refractivity contribution in [2.45, 2.75) is 12.8 Å². The molecule has 122 valence electrons. The lowest BCUT2D eigenvalue weighted by Crippen LogP contribution is -2.40. The van der Waals surface area contributed by atoms with Crippen molar-refractivity contribution in [2.75, 3.05) is 26.2 Å². The molecule has 1 aliphatic heterocycles. The molecule has 0 aliphatic carbocycles. The van der Waals surface area contributed by atoms with Crippen LogP contribution in [-0.4, -0.2) is 47.5 Å². The van der Waals surface area contributed by atoms with Gasteiger partial charge in [-0.15, -0.1) is 0 Å². The van der Waals surface area contributed by atoms with E-state index in [1.54, 1.807) is 4.90 Å². The summed E-state index contributed by atoms with van der Waals surface area (Å²) in [4.78, 5) is 25.5. The van der Waals surface area contributed by atoms with Gasteiger partial charge in [-0.1, -0.05) is 6.07 Å². The van der Waals surface area contributed by atoms with E-state index in [1.807, 2.05) is 42.1 Å². The zero-order valence-electron chi connectivity index (χ0n) is 13.2. The van der Waals surface area contributed by atoms with Crippen LogP contribution in [0.15, 0.2) is 30.5 Å². The van der Waals surface area contributed by atoms with Crippen molar-refractivity contribution in [3.05, 3.63) is 30.5 Å². The second kappa shape index (κ2) is 6.73. The summed E-state index contributed by atoms with van der Waals surface area (Å²) in [5.41, 5.74) is 1.05. The number of likely N-dealkylation sites (tertiary alicyclic amines) is 1. The Hall–Kier alpha value is -2.50. The van der Waals surface area contributed by atoms with Crippen molar-refractivity contribution < 1.29 is 14.3 Å². The van der Waals surface area contributed by atoms with E-state index in [2.05, 4.69) is 5.32 Å². The highest BCUT2D eigenvalue weighted by atomic mass is 16.5. The van der Waals surface area contributed by atoms with E-state index in [4.69, 9.17) is 4.74 Å². The van der Waals surface area contributed by atoms with Crippen LogP contribution in [-0.2, 0) is 16.6 Å². The summed E-state index contributed by atoms with van der Waals surface area (Å²) in [6.45, 7) is 1.53. The Labute approximate surface area is 135 Å². The van der Waals surface area contributed by atoms with Gasteiger partial charge in [0.1, 0.15) is 5.75 Å². The van der Waals surface area contributed by atoms with Gasteiger partial charge in [0, 0.05) is 31.7 Å². The van der Waals surface area contributed by atoms with Gasteiger partial charge in [0.05, 0.1) is 12.1 Å². The van der Waals surface area contributed by atoms with Crippen molar-refractivity contribution >= 4 is 22.7 Å². The van der Waals surface area contributed by atoms with Crippen LogP contribution in [0, 0.1) is 0 Å². The van der Waals surface area contributed by atoms with Crippen molar-refractivity contribution in [3.8, 4) is 5.75 Å². The van der Waals surface area contributed by atoms with Gasteiger partial charge in [0.15, 0.2) is 6.61 Å². The molecule has 0 spiro atoms. The molecule has 1 N–H and O–H groups in total. The van der Waals surface area contributed by atoms with Gasteiger partial charge in [-0.25, -0.2) is 0 Å². The first kappa shape index (κ1) is 15.4. The number of fused-ring (bicyclic) bond motifs is 1. The van der Waals surface area contributed by atoms with E-state index in [1.165, 1.54) is 0 Å². The van der Waals surface area contributed by atoms with Gasteiger partial charge in [-0.2, -0.15) is 0 Å². The highest BCUT2D eigenvalue weighted by Crippen LogP contribution is 2.25. The molecule has 0 atom stereocenters. The minimum absolute atomic E-state index is 0.0268. The van der Waals surface area contributed by atoms with Crippen LogP contribution >= 0.6 is 0 Å².